The summed E-state index contributed by atoms with van der Waals surface area (Å²) in [6.45, 7) is 0. The zero-order valence-electron chi connectivity index (χ0n) is 25.8. The van der Waals surface area contributed by atoms with Crippen molar-refractivity contribution in [3.63, 3.8) is 0 Å². The maximum absolute atomic E-state index is 12.1. The van der Waals surface area contributed by atoms with Crippen LogP contribution in [0.1, 0.15) is 22.3 Å². The third kappa shape index (κ3) is 5.02. The predicted molar refractivity (Wildman–Crippen MR) is 163 cm³/mol. The monoisotopic (exact) mass is 778 g/mol. The minimum absolute atomic E-state index is 0. The first kappa shape index (κ1) is 37.5. The number of aromatic nitrogens is 4. The van der Waals surface area contributed by atoms with Crippen molar-refractivity contribution in [2.45, 2.75) is 22.7 Å². The molecular weight excluding hydrogens is 754 g/mol. The Kier molecular flexibility index (Phi) is 8.98. The standard InChI is InChI=1S/2C14H10N6O2.Co.H3O4P.2H2O/c2*21-11-17-13-7-3-1-5-15-9(7)10-8(4-2-6-16-10)14(13,19-11)20-12(22)18-13;;1-5(2,3)4;;/h2*1-6H,(H2,17,19,21)(H2,18,20,22);;(H3,1,2,3,4);2*1H2/q;;+3;;;/p-3. The van der Waals surface area contributed by atoms with Gasteiger partial charge in [-0.15, -0.1) is 0 Å². The van der Waals surface area contributed by atoms with Crippen LogP contribution in [0.5, 0.6) is 0 Å². The summed E-state index contributed by atoms with van der Waals surface area (Å²) in [7, 11) is -5.39. The average Bonchev–Trinajstić information content (AvgIpc) is 3.71. The first-order valence-electron chi connectivity index (χ1n) is 14.3. The summed E-state index contributed by atoms with van der Waals surface area (Å²) in [5.41, 5.74) is 0.835. The number of hydrogen-bond acceptors (Lipinski definition) is 12. The fourth-order valence-corrected chi connectivity index (χ4v) is 7.30. The molecule has 0 aromatic carbocycles. The minimum Gasteiger partial charge on any atom is -0.822 e. The second-order valence-corrected chi connectivity index (χ2v) is 12.3. The first-order valence-corrected chi connectivity index (χ1v) is 15.8. The zero-order chi connectivity index (χ0) is 34.4. The molecule has 4 saturated heterocycles. The number of pyridine rings is 4. The van der Waals surface area contributed by atoms with Gasteiger partial charge in [-0.2, -0.15) is 7.82 Å². The number of fused-ring (bicyclic) bond motifs is 6. The van der Waals surface area contributed by atoms with Gasteiger partial charge in [0.2, 0.25) is 0 Å². The number of amides is 8. The Morgan fingerprint density at radius 3 is 0.788 bits per heavy atom. The van der Waals surface area contributed by atoms with Gasteiger partial charge in [0.05, 0.1) is 22.8 Å². The van der Waals surface area contributed by atoms with Gasteiger partial charge in [-0.3, -0.25) is 19.9 Å². The number of phosphoric acid groups is 1. The molecule has 22 nitrogen and oxygen atoms in total. The van der Waals surface area contributed by atoms with Gasteiger partial charge in [0.25, 0.3) is 0 Å². The quantitative estimate of drug-likeness (QED) is 0.0787. The van der Waals surface area contributed by atoms with E-state index in [2.05, 4.69) is 62.5 Å². The van der Waals surface area contributed by atoms with Crippen LogP contribution in [0.2, 0.25) is 0 Å². The summed E-state index contributed by atoms with van der Waals surface area (Å²) in [5.74, 6) is 0. The van der Waals surface area contributed by atoms with Crippen molar-refractivity contribution in [1.29, 1.82) is 0 Å². The number of nitrogens with zero attached hydrogens (tertiary/aromatic N) is 4. The molecule has 10 rings (SSSR count). The molecule has 52 heavy (non-hydrogen) atoms. The second-order valence-electron chi connectivity index (χ2n) is 11.4. The van der Waals surface area contributed by atoms with Gasteiger partial charge in [-0.1, -0.05) is 24.3 Å². The first-order chi connectivity index (χ1) is 23.3. The van der Waals surface area contributed by atoms with Crippen LogP contribution < -0.4 is 57.2 Å². The molecule has 4 fully saturated rings. The predicted octanol–water partition coefficient (Wildman–Crippen LogP) is -4.30. The van der Waals surface area contributed by atoms with Crippen LogP contribution in [-0.2, 0) is 44.0 Å². The molecule has 0 unspecified atom stereocenters. The van der Waals surface area contributed by atoms with E-state index in [1.165, 1.54) is 0 Å². The number of carbonyl (C=O) groups excluding carboxylic acids is 4. The van der Waals surface area contributed by atoms with Crippen LogP contribution in [-0.4, -0.2) is 55.0 Å². The van der Waals surface area contributed by atoms with Crippen LogP contribution in [0.3, 0.4) is 0 Å². The van der Waals surface area contributed by atoms with Crippen molar-refractivity contribution in [2.24, 2.45) is 0 Å². The van der Waals surface area contributed by atoms with E-state index in [4.69, 9.17) is 19.2 Å². The molecule has 0 bridgehead atoms. The van der Waals surface area contributed by atoms with Gasteiger partial charge in [0.15, 0.2) is 22.7 Å². The van der Waals surface area contributed by atoms with Gasteiger partial charge in [0.1, 0.15) is 0 Å². The Labute approximate surface area is 301 Å². The molecule has 24 heteroatoms. The van der Waals surface area contributed by atoms with Gasteiger partial charge >= 0.3 is 40.9 Å². The summed E-state index contributed by atoms with van der Waals surface area (Å²) in [6, 6.07) is 12.9. The molecule has 0 atom stereocenters. The van der Waals surface area contributed by atoms with E-state index >= 15 is 0 Å². The minimum atomic E-state index is -5.39. The maximum Gasteiger partial charge on any atom is 3.00 e. The Bertz CT molecular complexity index is 1880. The third-order valence-corrected chi connectivity index (χ3v) is 8.83. The summed E-state index contributed by atoms with van der Waals surface area (Å²) in [4.78, 5) is 91.6. The van der Waals surface area contributed by atoms with Gasteiger partial charge < -0.3 is 72.7 Å². The van der Waals surface area contributed by atoms with Gasteiger partial charge in [-0.05, 0) is 24.3 Å². The van der Waals surface area contributed by atoms with Crippen molar-refractivity contribution >= 4 is 31.9 Å². The molecule has 4 aliphatic heterocycles. The number of carbonyl (C=O) groups is 4. The summed E-state index contributed by atoms with van der Waals surface area (Å²) < 4.78 is 8.55. The molecule has 270 valence electrons. The second kappa shape index (κ2) is 12.5. The Hall–Kier alpha value is -5.78. The van der Waals surface area contributed by atoms with Crippen LogP contribution in [0.4, 0.5) is 19.2 Å². The van der Waals surface area contributed by atoms with Crippen LogP contribution in [0, 0.1) is 0 Å². The van der Waals surface area contributed by atoms with Crippen LogP contribution in [0.25, 0.3) is 22.8 Å². The van der Waals surface area contributed by atoms with Gasteiger partial charge in [-0.25, -0.2) is 19.2 Å². The van der Waals surface area contributed by atoms with E-state index in [0.29, 0.717) is 45.0 Å². The van der Waals surface area contributed by atoms with E-state index in [0.717, 1.165) is 0 Å². The van der Waals surface area contributed by atoms with E-state index in [-0.39, 0.29) is 51.9 Å². The molecular formula is C28H24CoN12O10P. The molecule has 4 aromatic rings. The van der Waals surface area contributed by atoms with E-state index < -0.39 is 30.5 Å². The molecule has 0 spiro atoms. The van der Waals surface area contributed by atoms with Crippen molar-refractivity contribution in [3.8, 4) is 22.8 Å². The van der Waals surface area contributed by atoms with E-state index in [1.807, 2.05) is 24.3 Å². The molecule has 2 aliphatic carbocycles. The van der Waals surface area contributed by atoms with Crippen molar-refractivity contribution < 1.29 is 66.2 Å². The molecule has 6 aliphatic rings. The Morgan fingerprint density at radius 2 is 0.615 bits per heavy atom. The van der Waals surface area contributed by atoms with Crippen LogP contribution in [0.15, 0.2) is 73.3 Å². The van der Waals surface area contributed by atoms with Crippen molar-refractivity contribution in [1.82, 2.24) is 62.5 Å². The number of hydrogen-bond donors (Lipinski definition) is 8. The molecule has 4 aromatic heterocycles. The van der Waals surface area contributed by atoms with Crippen LogP contribution >= 0.6 is 7.82 Å². The molecule has 0 saturated carbocycles. The fourth-order valence-electron chi connectivity index (χ4n) is 7.30. The summed E-state index contributed by atoms with van der Waals surface area (Å²) >= 11 is 0. The van der Waals surface area contributed by atoms with Crippen molar-refractivity contribution in [3.05, 3.63) is 95.6 Å². The molecule has 8 amide bonds. The number of nitrogens with one attached hydrogen (secondary N) is 8. The average molecular weight is 778 g/mol. The Balaban J connectivity index is 0.000000170. The van der Waals surface area contributed by atoms with E-state index in [9.17, 15) is 19.2 Å². The summed E-state index contributed by atoms with van der Waals surface area (Å²) in [5, 5.41) is 22.7. The fraction of sp³-hybridized carbons (Fsp3) is 0.143. The molecule has 8 heterocycles. The number of rotatable bonds is 0. The maximum atomic E-state index is 12.1. The molecule has 0 radical (unpaired) electrons. The summed E-state index contributed by atoms with van der Waals surface area (Å²) in [6.07, 6.45) is 6.65. The zero-order valence-corrected chi connectivity index (χ0v) is 27.7. The normalized spacial score (nSPS) is 26.5. The Morgan fingerprint density at radius 1 is 0.442 bits per heavy atom. The largest absolute Gasteiger partial charge is 3.00 e. The smallest absolute Gasteiger partial charge is 0.822 e. The molecule has 12 N–H and O–H groups in total. The van der Waals surface area contributed by atoms with Gasteiger partial charge in [0, 0.05) is 47.0 Å². The topological polar surface area (TPSA) is 365 Å². The third-order valence-electron chi connectivity index (χ3n) is 8.83. The van der Waals surface area contributed by atoms with Crippen molar-refractivity contribution in [2.75, 3.05) is 0 Å². The SMILES string of the molecule is O.O.O=C1NC23NC(=O)NC2(N1)c1cccnc1-c1ncccc13.O=C1NC23NC(=O)NC2(N1)c1cccnc1-c1ncccc13.O=P([O-])([O-])[O-].[Co+3]. The number of urea groups is 4. The van der Waals surface area contributed by atoms with E-state index in [1.54, 1.807) is 49.1 Å².